The summed E-state index contributed by atoms with van der Waals surface area (Å²) in [7, 11) is 0. The van der Waals surface area contributed by atoms with Crippen molar-refractivity contribution >= 4 is 35.2 Å². The van der Waals surface area contributed by atoms with Crippen molar-refractivity contribution in [1.82, 2.24) is 4.90 Å². The lowest BCUT2D eigenvalue weighted by Gasteiger charge is -2.29. The van der Waals surface area contributed by atoms with Gasteiger partial charge in [0, 0.05) is 18.8 Å². The van der Waals surface area contributed by atoms with Gasteiger partial charge in [0.15, 0.2) is 0 Å². The molecule has 1 saturated heterocycles. The Hall–Kier alpha value is -2.09. The topological polar surface area (TPSA) is 86.7 Å². The summed E-state index contributed by atoms with van der Waals surface area (Å²) in [4.78, 5) is 37.9. The van der Waals surface area contributed by atoms with Crippen molar-refractivity contribution in [2.45, 2.75) is 32.4 Å². The van der Waals surface area contributed by atoms with E-state index >= 15 is 0 Å². The molecule has 0 aromatic heterocycles. The van der Waals surface area contributed by atoms with Gasteiger partial charge in [0.1, 0.15) is 5.82 Å². The minimum atomic E-state index is -0.903. The highest BCUT2D eigenvalue weighted by molar-refractivity contribution is 8.01. The van der Waals surface area contributed by atoms with E-state index in [1.165, 1.54) is 36.0 Å². The molecule has 2 rings (SSSR count). The first-order valence-corrected chi connectivity index (χ1v) is 9.90. The first-order chi connectivity index (χ1) is 12.7. The summed E-state index contributed by atoms with van der Waals surface area (Å²) in [5, 5.41) is 11.8. The van der Waals surface area contributed by atoms with Crippen molar-refractivity contribution in [3.05, 3.63) is 30.1 Å². The van der Waals surface area contributed by atoms with E-state index in [9.17, 15) is 23.9 Å². The number of nitrogens with one attached hydrogen (secondary N) is 1. The lowest BCUT2D eigenvalue weighted by Crippen LogP contribution is -2.42. The van der Waals surface area contributed by atoms with E-state index in [0.717, 1.165) is 0 Å². The number of nitrogens with zero attached hydrogens (tertiary/aromatic N) is 1. The van der Waals surface area contributed by atoms with Crippen molar-refractivity contribution in [3.8, 4) is 0 Å². The molecule has 27 heavy (non-hydrogen) atoms. The third kappa shape index (κ3) is 5.00. The Labute approximate surface area is 162 Å². The fraction of sp³-hybridized carbons (Fsp3) is 0.526. The third-order valence-corrected chi connectivity index (χ3v) is 6.21. The lowest BCUT2D eigenvalue weighted by atomic mass is 9.76. The maximum absolute atomic E-state index is 12.9. The maximum Gasteiger partial charge on any atom is 0.311 e. The minimum Gasteiger partial charge on any atom is -0.481 e. The van der Waals surface area contributed by atoms with Gasteiger partial charge in [-0.05, 0) is 43.5 Å². The molecule has 1 aromatic rings. The van der Waals surface area contributed by atoms with E-state index in [1.54, 1.807) is 11.8 Å². The molecule has 1 aliphatic rings. The average molecular weight is 396 g/mol. The van der Waals surface area contributed by atoms with Crippen molar-refractivity contribution in [1.29, 1.82) is 0 Å². The number of aliphatic carboxylic acids is 1. The number of thioether (sulfide) groups is 1. The highest BCUT2D eigenvalue weighted by Crippen LogP contribution is 2.38. The van der Waals surface area contributed by atoms with Crippen LogP contribution in [0.15, 0.2) is 24.3 Å². The Bertz CT molecular complexity index is 710. The van der Waals surface area contributed by atoms with Gasteiger partial charge in [-0.25, -0.2) is 4.39 Å². The predicted octanol–water partition coefficient (Wildman–Crippen LogP) is 2.85. The van der Waals surface area contributed by atoms with Crippen molar-refractivity contribution in [3.63, 3.8) is 0 Å². The van der Waals surface area contributed by atoms with E-state index in [4.69, 9.17) is 0 Å². The number of rotatable bonds is 7. The molecule has 2 amide bonds. The van der Waals surface area contributed by atoms with Crippen LogP contribution in [0.25, 0.3) is 0 Å². The molecule has 1 heterocycles. The van der Waals surface area contributed by atoms with Crippen molar-refractivity contribution < 1.29 is 23.9 Å². The highest BCUT2D eigenvalue weighted by Gasteiger charge is 2.48. The molecule has 148 valence electrons. The largest absolute Gasteiger partial charge is 0.481 e. The minimum absolute atomic E-state index is 0.0720. The quantitative estimate of drug-likeness (QED) is 0.740. The molecule has 0 radical (unpaired) electrons. The summed E-state index contributed by atoms with van der Waals surface area (Å²) in [6, 6.07) is 5.44. The Balaban J connectivity index is 1.86. The van der Waals surface area contributed by atoms with Crippen LogP contribution in [-0.2, 0) is 14.4 Å². The van der Waals surface area contributed by atoms with Gasteiger partial charge < -0.3 is 15.3 Å². The molecule has 2 N–H and O–H groups in total. The summed E-state index contributed by atoms with van der Waals surface area (Å²) in [6.07, 6.45) is 0.439. The van der Waals surface area contributed by atoms with Gasteiger partial charge in [-0.2, -0.15) is 0 Å². The SMILES string of the molecule is CC(SCC(=O)Nc1ccc(F)cc1)C(=O)N1CCC(C(=O)O)(C(C)C)C1. The first-order valence-electron chi connectivity index (χ1n) is 8.85. The van der Waals surface area contributed by atoms with Crippen LogP contribution in [0.3, 0.4) is 0 Å². The molecule has 0 saturated carbocycles. The fourth-order valence-corrected chi connectivity index (χ4v) is 3.94. The van der Waals surface area contributed by atoms with Gasteiger partial charge in [0.2, 0.25) is 11.8 Å². The normalized spacial score (nSPS) is 20.6. The van der Waals surface area contributed by atoms with Crippen LogP contribution in [-0.4, -0.2) is 51.9 Å². The highest BCUT2D eigenvalue weighted by atomic mass is 32.2. The number of likely N-dealkylation sites (tertiary alicyclic amines) is 1. The van der Waals surface area contributed by atoms with Gasteiger partial charge in [0.25, 0.3) is 0 Å². The van der Waals surface area contributed by atoms with Crippen LogP contribution in [0.4, 0.5) is 10.1 Å². The van der Waals surface area contributed by atoms with Gasteiger partial charge in [0.05, 0.1) is 16.4 Å². The zero-order valence-corrected chi connectivity index (χ0v) is 16.5. The number of carboxylic acid groups (broad SMARTS) is 1. The second-order valence-corrected chi connectivity index (χ2v) is 8.46. The number of halogens is 1. The van der Waals surface area contributed by atoms with E-state index < -0.39 is 16.6 Å². The Morgan fingerprint density at radius 1 is 1.26 bits per heavy atom. The van der Waals surface area contributed by atoms with E-state index in [1.807, 2.05) is 13.8 Å². The summed E-state index contributed by atoms with van der Waals surface area (Å²) in [5.74, 6) is -1.69. The van der Waals surface area contributed by atoms with Gasteiger partial charge in [-0.15, -0.1) is 11.8 Å². The van der Waals surface area contributed by atoms with Gasteiger partial charge in [-0.3, -0.25) is 14.4 Å². The number of carbonyl (C=O) groups excluding carboxylic acids is 2. The zero-order valence-electron chi connectivity index (χ0n) is 15.7. The molecule has 1 fully saturated rings. The number of anilines is 1. The van der Waals surface area contributed by atoms with E-state index in [2.05, 4.69) is 5.32 Å². The van der Waals surface area contributed by atoms with Crippen LogP contribution in [0, 0.1) is 17.2 Å². The zero-order chi connectivity index (χ0) is 20.2. The van der Waals surface area contributed by atoms with Crippen LogP contribution in [0.2, 0.25) is 0 Å². The molecule has 1 aromatic carbocycles. The monoisotopic (exact) mass is 396 g/mol. The van der Waals surface area contributed by atoms with Crippen LogP contribution in [0.5, 0.6) is 0 Å². The molecule has 0 aliphatic carbocycles. The first kappa shape index (κ1) is 21.2. The Morgan fingerprint density at radius 2 is 1.89 bits per heavy atom. The molecular weight excluding hydrogens is 371 g/mol. The molecular formula is C19H25FN2O4S. The summed E-state index contributed by atoms with van der Waals surface area (Å²) >= 11 is 1.19. The molecule has 0 bridgehead atoms. The second kappa shape index (κ2) is 8.73. The Morgan fingerprint density at radius 3 is 2.41 bits per heavy atom. The van der Waals surface area contributed by atoms with Crippen LogP contribution in [0.1, 0.15) is 27.2 Å². The third-order valence-electron chi connectivity index (χ3n) is 5.08. The van der Waals surface area contributed by atoms with Gasteiger partial charge in [-0.1, -0.05) is 13.8 Å². The molecule has 8 heteroatoms. The van der Waals surface area contributed by atoms with Crippen LogP contribution >= 0.6 is 11.8 Å². The molecule has 6 nitrogen and oxygen atoms in total. The Kier molecular flexibility index (Phi) is 6.86. The number of amides is 2. The number of hydrogen-bond acceptors (Lipinski definition) is 4. The number of benzene rings is 1. The fourth-order valence-electron chi connectivity index (χ4n) is 3.17. The number of carbonyl (C=O) groups is 3. The molecule has 2 atom stereocenters. The molecule has 0 spiro atoms. The maximum atomic E-state index is 12.9. The summed E-state index contributed by atoms with van der Waals surface area (Å²) in [6.45, 7) is 6.05. The summed E-state index contributed by atoms with van der Waals surface area (Å²) in [5.41, 5.74) is -0.413. The summed E-state index contributed by atoms with van der Waals surface area (Å²) < 4.78 is 12.9. The average Bonchev–Trinajstić information content (AvgIpc) is 3.08. The number of hydrogen-bond donors (Lipinski definition) is 2. The van der Waals surface area contributed by atoms with E-state index in [-0.39, 0.29) is 35.8 Å². The van der Waals surface area contributed by atoms with Crippen LogP contribution < -0.4 is 5.32 Å². The standard InChI is InChI=1S/C19H25FN2O4S/c1-12(2)19(18(25)26)8-9-22(11-19)17(24)13(3)27-10-16(23)21-15-6-4-14(20)5-7-15/h4-7,12-13H,8-11H2,1-3H3,(H,21,23)(H,25,26). The number of carboxylic acids is 1. The van der Waals surface area contributed by atoms with Crippen molar-refractivity contribution in [2.75, 3.05) is 24.2 Å². The molecule has 1 aliphatic heterocycles. The second-order valence-electron chi connectivity index (χ2n) is 7.13. The van der Waals surface area contributed by atoms with Gasteiger partial charge >= 0.3 is 5.97 Å². The lowest BCUT2D eigenvalue weighted by molar-refractivity contribution is -0.151. The predicted molar refractivity (Wildman–Crippen MR) is 103 cm³/mol. The van der Waals surface area contributed by atoms with Crippen molar-refractivity contribution in [2.24, 2.45) is 11.3 Å². The smallest absolute Gasteiger partial charge is 0.311 e. The molecule has 2 unspecified atom stereocenters. The van der Waals surface area contributed by atoms with E-state index in [0.29, 0.717) is 18.7 Å².